The summed E-state index contributed by atoms with van der Waals surface area (Å²) >= 11 is 0. The molecule has 0 bridgehead atoms. The van der Waals surface area contributed by atoms with Gasteiger partial charge in [-0.15, -0.1) is 0 Å². The predicted molar refractivity (Wildman–Crippen MR) is 56.6 cm³/mol. The van der Waals surface area contributed by atoms with Gasteiger partial charge in [0.25, 0.3) is 8.48 Å². The summed E-state index contributed by atoms with van der Waals surface area (Å²) in [7, 11) is -1.65. The molecule has 0 saturated carbocycles. The molecule has 0 aliphatic carbocycles. The molecule has 0 fully saturated rings. The van der Waals surface area contributed by atoms with E-state index in [1.165, 1.54) is 0 Å². The third-order valence-corrected chi connectivity index (χ3v) is 3.59. The molecule has 0 amide bonds. The zero-order valence-electron chi connectivity index (χ0n) is 9.49. The zero-order chi connectivity index (χ0) is 9.99. The highest BCUT2D eigenvalue weighted by Gasteiger charge is 2.29. The number of rotatable bonds is 3. The first-order valence-electron chi connectivity index (χ1n) is 4.60. The molecule has 0 heterocycles. The Morgan fingerprint density at radius 2 is 1.58 bits per heavy atom. The minimum absolute atomic E-state index is 0.0301. The Kier molecular flexibility index (Phi) is 3.94. The molecule has 74 valence electrons. The fourth-order valence-corrected chi connectivity index (χ4v) is 4.47. The first-order chi connectivity index (χ1) is 5.12. The van der Waals surface area contributed by atoms with Crippen molar-refractivity contribution in [2.24, 2.45) is 0 Å². The molecule has 0 aliphatic heterocycles. The van der Waals surface area contributed by atoms with Crippen molar-refractivity contribution in [2.45, 2.75) is 59.4 Å². The lowest BCUT2D eigenvalue weighted by Crippen LogP contribution is -2.54. The second-order valence-electron chi connectivity index (χ2n) is 5.02. The second-order valence-corrected chi connectivity index (χ2v) is 8.54. The van der Waals surface area contributed by atoms with Crippen molar-refractivity contribution in [1.29, 1.82) is 0 Å². The normalized spacial score (nSPS) is 14.0. The van der Waals surface area contributed by atoms with Crippen molar-refractivity contribution >= 4 is 8.48 Å². The average Bonchev–Trinajstić information content (AvgIpc) is 1.48. The van der Waals surface area contributed by atoms with Gasteiger partial charge in [0, 0.05) is 5.60 Å². The van der Waals surface area contributed by atoms with E-state index in [1.807, 2.05) is 0 Å². The lowest BCUT2D eigenvalue weighted by molar-refractivity contribution is 0.115. The molecule has 0 radical (unpaired) electrons. The highest BCUT2D eigenvalue weighted by Crippen LogP contribution is 2.14. The van der Waals surface area contributed by atoms with Crippen LogP contribution in [0.5, 0.6) is 0 Å². The molecule has 0 saturated heterocycles. The second kappa shape index (κ2) is 3.90. The quantitative estimate of drug-likeness (QED) is 0.689. The number of hydrogen-bond acceptors (Lipinski definition) is 2. The van der Waals surface area contributed by atoms with E-state index in [4.69, 9.17) is 4.43 Å². The van der Waals surface area contributed by atoms with Crippen LogP contribution in [0, 0.1) is 0 Å². The molecule has 2 nitrogen and oxygen atoms in total. The van der Waals surface area contributed by atoms with Crippen LogP contribution in [0.15, 0.2) is 0 Å². The summed E-state index contributed by atoms with van der Waals surface area (Å²) in [5, 5.41) is 0. The summed E-state index contributed by atoms with van der Waals surface area (Å²) in [4.78, 5) is 3.49. The van der Waals surface area contributed by atoms with Gasteiger partial charge in [-0.25, -0.2) is 0 Å². The van der Waals surface area contributed by atoms with E-state index < -0.39 is 8.48 Å². The third-order valence-electron chi connectivity index (χ3n) is 1.20. The van der Waals surface area contributed by atoms with Crippen LogP contribution in [-0.4, -0.2) is 20.1 Å². The van der Waals surface area contributed by atoms with Gasteiger partial charge in [-0.3, -0.25) is 0 Å². The van der Waals surface area contributed by atoms with E-state index in [0.29, 0.717) is 6.04 Å². The standard InChI is InChI=1S/C9H23NOSi/c1-8(2)10-12(6,7)11-9(3,4)5/h8,10H,1-7H3. The fraction of sp³-hybridized carbons (Fsp3) is 1.00. The first-order valence-corrected chi connectivity index (χ1v) is 7.51. The molecule has 0 aromatic heterocycles. The Morgan fingerprint density at radius 1 is 1.17 bits per heavy atom. The van der Waals surface area contributed by atoms with Crippen molar-refractivity contribution in [3.8, 4) is 0 Å². The summed E-state index contributed by atoms with van der Waals surface area (Å²) in [6.45, 7) is 15.0. The molecule has 0 aromatic rings. The zero-order valence-corrected chi connectivity index (χ0v) is 10.5. The van der Waals surface area contributed by atoms with Crippen molar-refractivity contribution in [3.63, 3.8) is 0 Å². The van der Waals surface area contributed by atoms with Crippen LogP contribution >= 0.6 is 0 Å². The molecule has 0 aliphatic rings. The van der Waals surface area contributed by atoms with Gasteiger partial charge in [0.15, 0.2) is 0 Å². The average molecular weight is 189 g/mol. The first kappa shape index (κ1) is 12.1. The third kappa shape index (κ3) is 6.82. The monoisotopic (exact) mass is 189 g/mol. The maximum absolute atomic E-state index is 5.96. The van der Waals surface area contributed by atoms with E-state index >= 15 is 0 Å². The topological polar surface area (TPSA) is 21.3 Å². The highest BCUT2D eigenvalue weighted by molar-refractivity contribution is 6.68. The molecule has 0 aromatic carbocycles. The van der Waals surface area contributed by atoms with Gasteiger partial charge in [-0.1, -0.05) is 13.8 Å². The Morgan fingerprint density at radius 3 is 1.83 bits per heavy atom. The van der Waals surface area contributed by atoms with E-state index in [9.17, 15) is 0 Å². The highest BCUT2D eigenvalue weighted by atomic mass is 28.4. The molecule has 1 N–H and O–H groups in total. The maximum Gasteiger partial charge on any atom is 0.263 e. The van der Waals surface area contributed by atoms with Gasteiger partial charge in [0.05, 0.1) is 0 Å². The van der Waals surface area contributed by atoms with Crippen LogP contribution in [0.2, 0.25) is 13.1 Å². The van der Waals surface area contributed by atoms with Crippen molar-refractivity contribution < 1.29 is 4.43 Å². The number of hydrogen-bond donors (Lipinski definition) is 1. The largest absolute Gasteiger partial charge is 0.399 e. The summed E-state index contributed by atoms with van der Waals surface area (Å²) < 4.78 is 5.96. The van der Waals surface area contributed by atoms with E-state index in [2.05, 4.69) is 52.7 Å². The van der Waals surface area contributed by atoms with Gasteiger partial charge < -0.3 is 9.41 Å². The van der Waals surface area contributed by atoms with Gasteiger partial charge in [0.1, 0.15) is 0 Å². The van der Waals surface area contributed by atoms with Gasteiger partial charge in [0.2, 0.25) is 0 Å². The lowest BCUT2D eigenvalue weighted by atomic mass is 10.2. The summed E-state index contributed by atoms with van der Waals surface area (Å²) in [6, 6.07) is 0.508. The Hall–Kier alpha value is 0.137. The van der Waals surface area contributed by atoms with E-state index in [1.54, 1.807) is 0 Å². The molecule has 0 unspecified atom stereocenters. The smallest absolute Gasteiger partial charge is 0.263 e. The summed E-state index contributed by atoms with van der Waals surface area (Å²) in [5.74, 6) is 0. The molecule has 3 heteroatoms. The Labute approximate surface area is 77.9 Å². The fourth-order valence-electron chi connectivity index (χ4n) is 1.49. The predicted octanol–water partition coefficient (Wildman–Crippen LogP) is 2.50. The molecular formula is C9H23NOSi. The van der Waals surface area contributed by atoms with Gasteiger partial charge in [-0.2, -0.15) is 0 Å². The molecular weight excluding hydrogens is 166 g/mol. The van der Waals surface area contributed by atoms with Crippen LogP contribution < -0.4 is 4.98 Å². The van der Waals surface area contributed by atoms with Crippen LogP contribution in [-0.2, 0) is 4.43 Å². The van der Waals surface area contributed by atoms with Crippen LogP contribution in [0.4, 0.5) is 0 Å². The minimum Gasteiger partial charge on any atom is -0.399 e. The van der Waals surface area contributed by atoms with Crippen molar-refractivity contribution in [2.75, 3.05) is 0 Å². The summed E-state index contributed by atoms with van der Waals surface area (Å²) in [6.07, 6.45) is 0. The molecule has 12 heavy (non-hydrogen) atoms. The van der Waals surface area contributed by atoms with Gasteiger partial charge >= 0.3 is 0 Å². The van der Waals surface area contributed by atoms with E-state index in [-0.39, 0.29) is 5.60 Å². The SMILES string of the molecule is CC(C)N[Si](C)(C)OC(C)(C)C. The minimum atomic E-state index is -1.65. The Balaban J connectivity index is 4.04. The maximum atomic E-state index is 5.96. The Bertz CT molecular complexity index is 138. The molecule has 0 rings (SSSR count). The van der Waals surface area contributed by atoms with Crippen molar-refractivity contribution in [3.05, 3.63) is 0 Å². The molecule has 0 spiro atoms. The molecule has 0 atom stereocenters. The summed E-state index contributed by atoms with van der Waals surface area (Å²) in [5.41, 5.74) is -0.0301. The van der Waals surface area contributed by atoms with Gasteiger partial charge in [-0.05, 0) is 39.9 Å². The van der Waals surface area contributed by atoms with Crippen LogP contribution in [0.3, 0.4) is 0 Å². The van der Waals surface area contributed by atoms with Crippen LogP contribution in [0.25, 0.3) is 0 Å². The van der Waals surface area contributed by atoms with Crippen molar-refractivity contribution in [1.82, 2.24) is 4.98 Å². The number of nitrogens with one attached hydrogen (secondary N) is 1. The lowest BCUT2D eigenvalue weighted by Gasteiger charge is -2.34. The van der Waals surface area contributed by atoms with Crippen LogP contribution in [0.1, 0.15) is 34.6 Å². The van der Waals surface area contributed by atoms with E-state index in [0.717, 1.165) is 0 Å².